The maximum atomic E-state index is 5.67. The van der Waals surface area contributed by atoms with Gasteiger partial charge in [0.2, 0.25) is 5.13 Å². The number of aromatic nitrogens is 3. The highest BCUT2D eigenvalue weighted by atomic mass is 32.1. The standard InChI is InChI=1S/C12H18N4S2/c1-5-6-7-14-9(12(2,3)4)8(17-7)10-15-16-11(13)18-10/h5-6H2,1-4H3,(H2,13,16). The Morgan fingerprint density at radius 2 is 1.89 bits per heavy atom. The number of rotatable bonds is 3. The molecule has 2 rings (SSSR count). The van der Waals surface area contributed by atoms with Crippen molar-refractivity contribution in [2.45, 2.75) is 46.0 Å². The molecule has 0 fully saturated rings. The van der Waals surface area contributed by atoms with Crippen molar-refractivity contribution in [2.24, 2.45) is 0 Å². The molecule has 6 heteroatoms. The van der Waals surface area contributed by atoms with Gasteiger partial charge in [0.25, 0.3) is 0 Å². The summed E-state index contributed by atoms with van der Waals surface area (Å²) in [5.74, 6) is 0. The molecule has 0 aromatic carbocycles. The van der Waals surface area contributed by atoms with Crippen LogP contribution in [0, 0.1) is 0 Å². The Balaban J connectivity index is 2.50. The van der Waals surface area contributed by atoms with Gasteiger partial charge in [-0.05, 0) is 12.8 Å². The molecule has 98 valence electrons. The van der Waals surface area contributed by atoms with Gasteiger partial charge >= 0.3 is 0 Å². The predicted molar refractivity (Wildman–Crippen MR) is 78.1 cm³/mol. The molecular weight excluding hydrogens is 264 g/mol. The van der Waals surface area contributed by atoms with E-state index in [4.69, 9.17) is 10.7 Å². The van der Waals surface area contributed by atoms with E-state index in [1.807, 2.05) is 0 Å². The van der Waals surface area contributed by atoms with E-state index in [0.29, 0.717) is 5.13 Å². The Labute approximate surface area is 115 Å². The lowest BCUT2D eigenvalue weighted by Gasteiger charge is -2.16. The lowest BCUT2D eigenvalue weighted by molar-refractivity contribution is 0.572. The molecule has 0 aliphatic rings. The van der Waals surface area contributed by atoms with E-state index in [1.165, 1.54) is 16.3 Å². The van der Waals surface area contributed by atoms with Gasteiger partial charge < -0.3 is 5.73 Å². The number of nitrogen functional groups attached to an aromatic ring is 1. The zero-order valence-corrected chi connectivity index (χ0v) is 12.8. The number of hydrogen-bond donors (Lipinski definition) is 1. The van der Waals surface area contributed by atoms with E-state index in [2.05, 4.69) is 37.9 Å². The van der Waals surface area contributed by atoms with E-state index in [1.54, 1.807) is 11.3 Å². The van der Waals surface area contributed by atoms with E-state index >= 15 is 0 Å². The number of hydrogen-bond acceptors (Lipinski definition) is 6. The SMILES string of the molecule is CCCc1nc(C(C)(C)C)c(-c2nnc(N)s2)s1. The topological polar surface area (TPSA) is 64.7 Å². The van der Waals surface area contributed by atoms with Crippen molar-refractivity contribution in [1.82, 2.24) is 15.2 Å². The minimum atomic E-state index is 0.0122. The van der Waals surface area contributed by atoms with Crippen molar-refractivity contribution >= 4 is 27.8 Å². The summed E-state index contributed by atoms with van der Waals surface area (Å²) in [6, 6.07) is 0. The van der Waals surface area contributed by atoms with Crippen LogP contribution in [0.25, 0.3) is 9.88 Å². The summed E-state index contributed by atoms with van der Waals surface area (Å²) in [7, 11) is 0. The Kier molecular flexibility index (Phi) is 3.68. The van der Waals surface area contributed by atoms with E-state index < -0.39 is 0 Å². The van der Waals surface area contributed by atoms with Gasteiger partial charge in [-0.1, -0.05) is 39.0 Å². The van der Waals surface area contributed by atoms with Crippen LogP contribution >= 0.6 is 22.7 Å². The average molecular weight is 282 g/mol. The summed E-state index contributed by atoms with van der Waals surface area (Å²) in [5.41, 5.74) is 6.79. The molecular formula is C12H18N4S2. The van der Waals surface area contributed by atoms with Gasteiger partial charge in [0.15, 0.2) is 5.01 Å². The van der Waals surface area contributed by atoms with Gasteiger partial charge in [-0.15, -0.1) is 21.5 Å². The van der Waals surface area contributed by atoms with Crippen LogP contribution in [0.2, 0.25) is 0 Å². The molecule has 0 atom stereocenters. The van der Waals surface area contributed by atoms with Crippen LogP contribution in [0.4, 0.5) is 5.13 Å². The normalized spacial score (nSPS) is 12.0. The Morgan fingerprint density at radius 1 is 1.17 bits per heavy atom. The fourth-order valence-electron chi connectivity index (χ4n) is 1.66. The molecule has 2 heterocycles. The number of aryl methyl sites for hydroxylation is 1. The average Bonchev–Trinajstić information content (AvgIpc) is 2.83. The molecule has 4 nitrogen and oxygen atoms in total. The van der Waals surface area contributed by atoms with Crippen molar-refractivity contribution in [1.29, 1.82) is 0 Å². The minimum Gasteiger partial charge on any atom is -0.374 e. The summed E-state index contributed by atoms with van der Waals surface area (Å²) >= 11 is 3.15. The number of anilines is 1. The summed E-state index contributed by atoms with van der Waals surface area (Å²) in [6.07, 6.45) is 2.12. The molecule has 2 aromatic heterocycles. The van der Waals surface area contributed by atoms with Crippen LogP contribution in [0.15, 0.2) is 0 Å². The van der Waals surface area contributed by atoms with Gasteiger partial charge in [-0.25, -0.2) is 4.98 Å². The predicted octanol–water partition coefficient (Wildman–Crippen LogP) is 3.49. The first kappa shape index (κ1) is 13.4. The highest BCUT2D eigenvalue weighted by Crippen LogP contribution is 2.39. The third-order valence-electron chi connectivity index (χ3n) is 2.48. The van der Waals surface area contributed by atoms with Gasteiger partial charge in [0.1, 0.15) is 0 Å². The smallest absolute Gasteiger partial charge is 0.203 e. The summed E-state index contributed by atoms with van der Waals surface area (Å²) < 4.78 is 0. The third kappa shape index (κ3) is 2.70. The fourth-order valence-corrected chi connectivity index (χ4v) is 3.72. The second-order valence-electron chi connectivity index (χ2n) is 5.23. The molecule has 0 saturated heterocycles. The largest absolute Gasteiger partial charge is 0.374 e. The molecule has 0 amide bonds. The van der Waals surface area contributed by atoms with E-state index in [9.17, 15) is 0 Å². The molecule has 0 unspecified atom stereocenters. The minimum absolute atomic E-state index is 0.0122. The first-order valence-electron chi connectivity index (χ1n) is 6.01. The molecule has 0 radical (unpaired) electrons. The fraction of sp³-hybridized carbons (Fsp3) is 0.583. The monoisotopic (exact) mass is 282 g/mol. The van der Waals surface area contributed by atoms with Crippen molar-refractivity contribution < 1.29 is 0 Å². The summed E-state index contributed by atoms with van der Waals surface area (Å²) in [5, 5.41) is 10.6. The molecule has 18 heavy (non-hydrogen) atoms. The van der Waals surface area contributed by atoms with Crippen LogP contribution in [0.1, 0.15) is 44.8 Å². The zero-order chi connectivity index (χ0) is 13.3. The van der Waals surface area contributed by atoms with Gasteiger partial charge in [-0.3, -0.25) is 0 Å². The van der Waals surface area contributed by atoms with E-state index in [0.717, 1.165) is 28.4 Å². The third-order valence-corrected chi connectivity index (χ3v) is 4.50. The zero-order valence-electron chi connectivity index (χ0n) is 11.1. The molecule has 0 aliphatic carbocycles. The van der Waals surface area contributed by atoms with Crippen molar-refractivity contribution in [3.63, 3.8) is 0 Å². The molecule has 0 bridgehead atoms. The highest BCUT2D eigenvalue weighted by Gasteiger charge is 2.25. The Bertz CT molecular complexity index is 537. The lowest BCUT2D eigenvalue weighted by Crippen LogP contribution is -2.13. The second kappa shape index (κ2) is 4.93. The van der Waals surface area contributed by atoms with Crippen LogP contribution in [0.3, 0.4) is 0 Å². The van der Waals surface area contributed by atoms with Crippen LogP contribution in [-0.2, 0) is 11.8 Å². The van der Waals surface area contributed by atoms with Crippen LogP contribution < -0.4 is 5.73 Å². The van der Waals surface area contributed by atoms with E-state index in [-0.39, 0.29) is 5.41 Å². The summed E-state index contributed by atoms with van der Waals surface area (Å²) in [6.45, 7) is 8.68. The van der Waals surface area contributed by atoms with Gasteiger partial charge in [0, 0.05) is 5.41 Å². The molecule has 2 aromatic rings. The molecule has 0 spiro atoms. The lowest BCUT2D eigenvalue weighted by atomic mass is 9.91. The van der Waals surface area contributed by atoms with Crippen molar-refractivity contribution in [3.05, 3.63) is 10.7 Å². The number of nitrogens with zero attached hydrogens (tertiary/aromatic N) is 3. The second-order valence-corrected chi connectivity index (χ2v) is 7.32. The first-order chi connectivity index (χ1) is 8.41. The highest BCUT2D eigenvalue weighted by molar-refractivity contribution is 7.23. The number of nitrogens with two attached hydrogens (primary N) is 1. The molecule has 0 aliphatic heterocycles. The number of thiazole rings is 1. The maximum absolute atomic E-state index is 5.67. The van der Waals surface area contributed by atoms with Crippen molar-refractivity contribution in [3.8, 4) is 9.88 Å². The van der Waals surface area contributed by atoms with Crippen LogP contribution in [-0.4, -0.2) is 15.2 Å². The van der Waals surface area contributed by atoms with Gasteiger partial charge in [-0.2, -0.15) is 0 Å². The Morgan fingerprint density at radius 3 is 2.39 bits per heavy atom. The first-order valence-corrected chi connectivity index (χ1v) is 7.64. The van der Waals surface area contributed by atoms with Crippen molar-refractivity contribution in [2.75, 3.05) is 5.73 Å². The summed E-state index contributed by atoms with van der Waals surface area (Å²) in [4.78, 5) is 5.90. The Hall–Kier alpha value is -1.01. The maximum Gasteiger partial charge on any atom is 0.203 e. The molecule has 2 N–H and O–H groups in total. The quantitative estimate of drug-likeness (QED) is 0.936. The molecule has 0 saturated carbocycles. The van der Waals surface area contributed by atoms with Gasteiger partial charge in [0.05, 0.1) is 15.6 Å². The van der Waals surface area contributed by atoms with Crippen LogP contribution in [0.5, 0.6) is 0 Å².